The van der Waals surface area contributed by atoms with E-state index < -0.39 is 47.9 Å². The minimum atomic E-state index is -1.10. The maximum absolute atomic E-state index is 13.1. The molecule has 1 rings (SSSR count). The maximum Gasteiger partial charge on any atom is 0.326 e. The van der Waals surface area contributed by atoms with Crippen molar-refractivity contribution in [1.82, 2.24) is 15.5 Å². The van der Waals surface area contributed by atoms with Gasteiger partial charge in [-0.3, -0.25) is 19.4 Å². The van der Waals surface area contributed by atoms with E-state index in [1.807, 2.05) is 0 Å². The molecule has 14 heteroatoms. The molecule has 4 atom stereocenters. The summed E-state index contributed by atoms with van der Waals surface area (Å²) in [5.74, 6) is -2.86. The van der Waals surface area contributed by atoms with Gasteiger partial charge in [0.1, 0.15) is 18.1 Å². The SMILES string of the molecule is NCCCCC(N)C(=O)NC(CS)C(=O)NC(CCCN=C(N)N)C(=O)N1CCCC1C(=O)O. The fraction of sp³-hybridized carbons (Fsp3) is 0.750. The number of amides is 3. The Morgan fingerprint density at radius 2 is 1.74 bits per heavy atom. The van der Waals surface area contributed by atoms with Crippen LogP contribution in [0, 0.1) is 0 Å². The highest BCUT2D eigenvalue weighted by Gasteiger charge is 2.38. The number of thiol groups is 1. The predicted octanol–water partition coefficient (Wildman–Crippen LogP) is -2.53. The Hall–Kier alpha value is -2.58. The van der Waals surface area contributed by atoms with E-state index in [-0.39, 0.29) is 31.2 Å². The fourth-order valence-corrected chi connectivity index (χ4v) is 3.89. The maximum atomic E-state index is 13.1. The van der Waals surface area contributed by atoms with E-state index in [9.17, 15) is 24.3 Å². The molecule has 1 fully saturated rings. The zero-order valence-electron chi connectivity index (χ0n) is 19.3. The molecular weight excluding hydrogens is 464 g/mol. The molecule has 13 nitrogen and oxygen atoms in total. The molecule has 0 bridgehead atoms. The first kappa shape index (κ1) is 29.5. The number of nitrogens with one attached hydrogen (secondary N) is 2. The number of hydrogen-bond donors (Lipinski definition) is 8. The van der Waals surface area contributed by atoms with Gasteiger partial charge in [0.05, 0.1) is 6.04 Å². The quantitative estimate of drug-likeness (QED) is 0.0509. The van der Waals surface area contributed by atoms with Crippen molar-refractivity contribution in [1.29, 1.82) is 0 Å². The van der Waals surface area contributed by atoms with Gasteiger partial charge in [-0.2, -0.15) is 12.6 Å². The molecule has 194 valence electrons. The Morgan fingerprint density at radius 3 is 2.32 bits per heavy atom. The summed E-state index contributed by atoms with van der Waals surface area (Å²) in [6, 6.07) is -3.80. The number of nitrogens with zero attached hydrogens (tertiary/aromatic N) is 2. The molecule has 1 saturated heterocycles. The van der Waals surface area contributed by atoms with Crippen LogP contribution in [0.25, 0.3) is 0 Å². The number of rotatable bonds is 15. The third kappa shape index (κ3) is 9.73. The summed E-state index contributed by atoms with van der Waals surface area (Å²) in [5, 5.41) is 14.6. The van der Waals surface area contributed by atoms with Crippen LogP contribution >= 0.6 is 12.6 Å². The van der Waals surface area contributed by atoms with E-state index in [1.165, 1.54) is 4.90 Å². The summed E-state index contributed by atoms with van der Waals surface area (Å²) in [5.41, 5.74) is 22.0. The third-order valence-corrected chi connectivity index (χ3v) is 5.87. The predicted molar refractivity (Wildman–Crippen MR) is 131 cm³/mol. The van der Waals surface area contributed by atoms with Crippen molar-refractivity contribution in [3.63, 3.8) is 0 Å². The number of carbonyl (C=O) groups excluding carboxylic acids is 3. The van der Waals surface area contributed by atoms with Gasteiger partial charge in [-0.15, -0.1) is 0 Å². The van der Waals surface area contributed by atoms with Crippen LogP contribution in [0.2, 0.25) is 0 Å². The molecule has 1 aliphatic rings. The van der Waals surface area contributed by atoms with Crippen molar-refractivity contribution in [2.45, 2.75) is 69.1 Å². The van der Waals surface area contributed by atoms with Gasteiger partial charge in [-0.25, -0.2) is 4.79 Å². The topological polar surface area (TPSA) is 232 Å². The molecule has 0 saturated carbocycles. The number of carbonyl (C=O) groups is 4. The molecule has 11 N–H and O–H groups in total. The highest BCUT2D eigenvalue weighted by atomic mass is 32.1. The number of aliphatic imine (C=N–C) groups is 1. The molecule has 0 aromatic heterocycles. The molecule has 0 radical (unpaired) electrons. The van der Waals surface area contributed by atoms with Crippen LogP contribution in [-0.2, 0) is 19.2 Å². The number of hydrogen-bond acceptors (Lipinski definition) is 8. The van der Waals surface area contributed by atoms with Gasteiger partial charge in [-0.1, -0.05) is 6.42 Å². The lowest BCUT2D eigenvalue weighted by Gasteiger charge is -2.28. The molecule has 34 heavy (non-hydrogen) atoms. The minimum Gasteiger partial charge on any atom is -0.480 e. The van der Waals surface area contributed by atoms with E-state index in [1.54, 1.807) is 0 Å². The van der Waals surface area contributed by atoms with Crippen molar-refractivity contribution in [3.8, 4) is 0 Å². The van der Waals surface area contributed by atoms with Crippen LogP contribution < -0.4 is 33.6 Å². The van der Waals surface area contributed by atoms with E-state index in [4.69, 9.17) is 22.9 Å². The Bertz CT molecular complexity index is 734. The first-order chi connectivity index (χ1) is 16.1. The Balaban J connectivity index is 2.86. The summed E-state index contributed by atoms with van der Waals surface area (Å²) < 4.78 is 0. The van der Waals surface area contributed by atoms with E-state index in [0.29, 0.717) is 38.6 Å². The number of nitrogens with two attached hydrogens (primary N) is 4. The summed E-state index contributed by atoms with van der Waals surface area (Å²) in [6.45, 7) is 1.00. The lowest BCUT2D eigenvalue weighted by atomic mass is 10.1. The van der Waals surface area contributed by atoms with Crippen LogP contribution in [-0.4, -0.2) is 89.2 Å². The Kier molecular flexibility index (Phi) is 13.3. The standard InChI is InChI=1S/C20H38N8O5S/c21-8-2-1-5-12(22)16(29)27-14(11-34)17(30)26-13(6-3-9-25-20(23)24)18(31)28-10-4-7-15(28)19(32)33/h12-15,34H,1-11,21-22H2,(H,26,30)(H,27,29)(H,32,33)(H4,23,24,25). The molecule has 4 unspecified atom stereocenters. The van der Waals surface area contributed by atoms with Gasteiger partial charge < -0.3 is 43.6 Å². The number of unbranched alkanes of at least 4 members (excludes halogenated alkanes) is 1. The number of carboxylic acids is 1. The van der Waals surface area contributed by atoms with Gasteiger partial charge >= 0.3 is 5.97 Å². The zero-order valence-corrected chi connectivity index (χ0v) is 20.2. The molecule has 0 aromatic carbocycles. The molecule has 1 heterocycles. The second-order valence-electron chi connectivity index (χ2n) is 8.17. The normalized spacial score (nSPS) is 18.0. The minimum absolute atomic E-state index is 0.0243. The second kappa shape index (κ2) is 15.3. The smallest absolute Gasteiger partial charge is 0.326 e. The fourth-order valence-electron chi connectivity index (χ4n) is 3.63. The van der Waals surface area contributed by atoms with Crippen LogP contribution in [0.5, 0.6) is 0 Å². The number of likely N-dealkylation sites (tertiary alicyclic amines) is 1. The Labute approximate surface area is 204 Å². The number of guanidine groups is 1. The summed E-state index contributed by atoms with van der Waals surface area (Å²) in [6.07, 6.45) is 3.26. The van der Waals surface area contributed by atoms with E-state index in [0.717, 1.165) is 6.42 Å². The summed E-state index contributed by atoms with van der Waals surface area (Å²) in [7, 11) is 0. The first-order valence-electron chi connectivity index (χ1n) is 11.4. The van der Waals surface area contributed by atoms with Crippen LogP contribution in [0.3, 0.4) is 0 Å². The zero-order chi connectivity index (χ0) is 25.7. The first-order valence-corrected chi connectivity index (χ1v) is 12.0. The van der Waals surface area contributed by atoms with Gasteiger partial charge in [0.2, 0.25) is 17.7 Å². The summed E-state index contributed by atoms with van der Waals surface area (Å²) >= 11 is 4.14. The molecule has 3 amide bonds. The van der Waals surface area contributed by atoms with Crippen LogP contribution in [0.4, 0.5) is 0 Å². The van der Waals surface area contributed by atoms with E-state index in [2.05, 4.69) is 28.3 Å². The van der Waals surface area contributed by atoms with Crippen LogP contribution in [0.1, 0.15) is 44.9 Å². The lowest BCUT2D eigenvalue weighted by Crippen LogP contribution is -2.57. The van der Waals surface area contributed by atoms with Gasteiger partial charge in [0.15, 0.2) is 5.96 Å². The van der Waals surface area contributed by atoms with Gasteiger partial charge in [-0.05, 0) is 45.1 Å². The molecule has 0 spiro atoms. The monoisotopic (exact) mass is 502 g/mol. The summed E-state index contributed by atoms with van der Waals surface area (Å²) in [4.78, 5) is 55.1. The molecule has 1 aliphatic heterocycles. The average Bonchev–Trinajstić information content (AvgIpc) is 3.28. The molecule has 0 aromatic rings. The number of aliphatic carboxylic acids is 1. The van der Waals surface area contributed by atoms with E-state index >= 15 is 0 Å². The highest BCUT2D eigenvalue weighted by Crippen LogP contribution is 2.19. The average molecular weight is 503 g/mol. The van der Waals surface area contributed by atoms with Crippen molar-refractivity contribution < 1.29 is 24.3 Å². The highest BCUT2D eigenvalue weighted by molar-refractivity contribution is 7.80. The van der Waals surface area contributed by atoms with Gasteiger partial charge in [0.25, 0.3) is 0 Å². The second-order valence-corrected chi connectivity index (χ2v) is 8.54. The van der Waals surface area contributed by atoms with Crippen molar-refractivity contribution >= 4 is 42.3 Å². The van der Waals surface area contributed by atoms with Crippen molar-refractivity contribution in [2.24, 2.45) is 27.9 Å². The van der Waals surface area contributed by atoms with Gasteiger partial charge in [0, 0.05) is 18.8 Å². The molecular formula is C20H38N8O5S. The Morgan fingerprint density at radius 1 is 1.06 bits per heavy atom. The van der Waals surface area contributed by atoms with Crippen molar-refractivity contribution in [2.75, 3.05) is 25.4 Å². The van der Waals surface area contributed by atoms with Crippen molar-refractivity contribution in [3.05, 3.63) is 0 Å². The largest absolute Gasteiger partial charge is 0.480 e. The van der Waals surface area contributed by atoms with Crippen LogP contribution in [0.15, 0.2) is 4.99 Å². The molecule has 0 aliphatic carbocycles. The number of carboxylic acid groups (broad SMARTS) is 1. The lowest BCUT2D eigenvalue weighted by molar-refractivity contribution is -0.149. The third-order valence-electron chi connectivity index (χ3n) is 5.50.